The van der Waals surface area contributed by atoms with E-state index in [0.717, 1.165) is 5.56 Å². The van der Waals surface area contributed by atoms with Gasteiger partial charge in [-0.05, 0) is 25.1 Å². The molecule has 0 radical (unpaired) electrons. The van der Waals surface area contributed by atoms with Crippen molar-refractivity contribution in [2.24, 2.45) is 5.92 Å². The average Bonchev–Trinajstić information content (AvgIpc) is 2.80. The molecule has 0 bridgehead atoms. The predicted molar refractivity (Wildman–Crippen MR) is 121 cm³/mol. The summed E-state index contributed by atoms with van der Waals surface area (Å²) < 4.78 is 6.16. The van der Waals surface area contributed by atoms with Gasteiger partial charge in [-0.1, -0.05) is 37.0 Å². The van der Waals surface area contributed by atoms with Crippen molar-refractivity contribution in [2.45, 2.75) is 32.9 Å². The quantitative estimate of drug-likeness (QED) is 0.745. The van der Waals surface area contributed by atoms with Crippen LogP contribution in [0.4, 0.5) is 0 Å². The maximum absolute atomic E-state index is 13.4. The lowest BCUT2D eigenvalue weighted by Crippen LogP contribution is -2.50. The molecule has 1 N–H and O–H groups in total. The van der Waals surface area contributed by atoms with Crippen LogP contribution in [0.5, 0.6) is 5.88 Å². The van der Waals surface area contributed by atoms with E-state index in [2.05, 4.69) is 16.8 Å². The molecule has 0 spiro atoms. The maximum Gasteiger partial charge on any atom is 0.259 e. The van der Waals surface area contributed by atoms with E-state index >= 15 is 0 Å². The molecule has 3 atom stereocenters. The Morgan fingerprint density at radius 3 is 2.66 bits per heavy atom. The van der Waals surface area contributed by atoms with Crippen molar-refractivity contribution in [1.82, 2.24) is 14.8 Å². The molecule has 1 aliphatic rings. The SMILES string of the molecule is CC(=O)N(C)C[C@H]1Oc2ncc(C#Cc3ccccc3)cc2C(=O)N([C@@H](C)CO)C[C@H]1C. The number of aliphatic hydroxyl groups excluding tert-OH is 1. The highest BCUT2D eigenvalue weighted by Crippen LogP contribution is 2.27. The fourth-order valence-electron chi connectivity index (χ4n) is 3.45. The van der Waals surface area contributed by atoms with Crippen molar-refractivity contribution < 1.29 is 19.4 Å². The van der Waals surface area contributed by atoms with Crippen LogP contribution in [0.1, 0.15) is 42.3 Å². The summed E-state index contributed by atoms with van der Waals surface area (Å²) in [4.78, 5) is 32.8. The number of hydrogen-bond acceptors (Lipinski definition) is 5. The molecule has 3 rings (SSSR count). The highest BCUT2D eigenvalue weighted by molar-refractivity contribution is 5.97. The van der Waals surface area contributed by atoms with Crippen LogP contribution in [-0.4, -0.2) is 70.6 Å². The first-order valence-corrected chi connectivity index (χ1v) is 10.7. The highest BCUT2D eigenvalue weighted by Gasteiger charge is 2.34. The minimum Gasteiger partial charge on any atom is -0.472 e. The molecular weight excluding hydrogens is 406 g/mol. The first kappa shape index (κ1) is 23.3. The Morgan fingerprint density at radius 2 is 2.00 bits per heavy atom. The van der Waals surface area contributed by atoms with Gasteiger partial charge in [0, 0.05) is 43.8 Å². The summed E-state index contributed by atoms with van der Waals surface area (Å²) in [5.74, 6) is 5.92. The number of carbonyl (C=O) groups is 2. The highest BCUT2D eigenvalue weighted by atomic mass is 16.5. The molecule has 1 aromatic heterocycles. The fraction of sp³-hybridized carbons (Fsp3) is 0.400. The molecule has 2 heterocycles. The molecule has 0 unspecified atom stereocenters. The standard InChI is InChI=1S/C25H29N3O4/c1-17-14-28(18(2)16-29)25(31)22-12-21(11-10-20-8-6-5-7-9-20)13-26-24(22)32-23(17)15-27(4)19(3)30/h5-9,12-13,17-18,23,29H,14-16H2,1-4H3/t17-,18+,23-/m1/s1. The summed E-state index contributed by atoms with van der Waals surface area (Å²) in [6.07, 6.45) is 1.22. The van der Waals surface area contributed by atoms with Crippen LogP contribution in [0.2, 0.25) is 0 Å². The molecule has 0 fully saturated rings. The van der Waals surface area contributed by atoms with Gasteiger partial charge in [0.05, 0.1) is 19.2 Å². The lowest BCUT2D eigenvalue weighted by Gasteiger charge is -2.37. The van der Waals surface area contributed by atoms with E-state index in [1.165, 1.54) is 6.92 Å². The number of aliphatic hydroxyl groups is 1. The number of fused-ring (bicyclic) bond motifs is 1. The summed E-state index contributed by atoms with van der Waals surface area (Å²) in [7, 11) is 1.72. The number of nitrogens with zero attached hydrogens (tertiary/aromatic N) is 3. The molecule has 0 saturated heterocycles. The van der Waals surface area contributed by atoms with Crippen molar-refractivity contribution in [3.63, 3.8) is 0 Å². The summed E-state index contributed by atoms with van der Waals surface area (Å²) in [6, 6.07) is 10.9. The van der Waals surface area contributed by atoms with Crippen LogP contribution in [0, 0.1) is 17.8 Å². The maximum atomic E-state index is 13.4. The molecule has 2 amide bonds. The normalized spacial score (nSPS) is 18.9. The Bertz CT molecular complexity index is 1030. The summed E-state index contributed by atoms with van der Waals surface area (Å²) in [5.41, 5.74) is 1.75. The van der Waals surface area contributed by atoms with Crippen molar-refractivity contribution in [2.75, 3.05) is 26.7 Å². The van der Waals surface area contributed by atoms with Crippen molar-refractivity contribution in [3.05, 3.63) is 59.3 Å². The minimum absolute atomic E-state index is 0.0702. The zero-order chi connectivity index (χ0) is 23.3. The second-order valence-corrected chi connectivity index (χ2v) is 8.21. The molecule has 1 aliphatic heterocycles. The number of ether oxygens (including phenoxy) is 1. The number of rotatable bonds is 4. The zero-order valence-electron chi connectivity index (χ0n) is 18.9. The second-order valence-electron chi connectivity index (χ2n) is 8.21. The second kappa shape index (κ2) is 10.3. The van der Waals surface area contributed by atoms with Gasteiger partial charge in [0.25, 0.3) is 5.91 Å². The first-order chi connectivity index (χ1) is 15.3. The number of hydrogen-bond donors (Lipinski definition) is 1. The predicted octanol–water partition coefficient (Wildman–Crippen LogP) is 2.18. The Balaban J connectivity index is 2.00. The van der Waals surface area contributed by atoms with Crippen molar-refractivity contribution >= 4 is 11.8 Å². The van der Waals surface area contributed by atoms with Crippen LogP contribution in [0.15, 0.2) is 42.6 Å². The number of benzene rings is 1. The zero-order valence-corrected chi connectivity index (χ0v) is 18.9. The summed E-state index contributed by atoms with van der Waals surface area (Å²) in [6.45, 7) is 5.86. The van der Waals surface area contributed by atoms with E-state index in [9.17, 15) is 14.7 Å². The minimum atomic E-state index is -0.374. The van der Waals surface area contributed by atoms with Gasteiger partial charge in [0.2, 0.25) is 11.8 Å². The van der Waals surface area contributed by atoms with Gasteiger partial charge in [-0.25, -0.2) is 4.98 Å². The number of likely N-dealkylation sites (N-methyl/N-ethyl adjacent to an activating group) is 1. The smallest absolute Gasteiger partial charge is 0.259 e. The molecule has 32 heavy (non-hydrogen) atoms. The van der Waals surface area contributed by atoms with Gasteiger partial charge in [-0.2, -0.15) is 0 Å². The number of aromatic nitrogens is 1. The number of pyridine rings is 1. The van der Waals surface area contributed by atoms with Crippen LogP contribution in [-0.2, 0) is 4.79 Å². The Morgan fingerprint density at radius 1 is 1.31 bits per heavy atom. The third-order valence-corrected chi connectivity index (χ3v) is 5.64. The molecule has 0 saturated carbocycles. The summed E-state index contributed by atoms with van der Waals surface area (Å²) >= 11 is 0. The Hall–Kier alpha value is -3.37. The van der Waals surface area contributed by atoms with Gasteiger partial charge in [-0.3, -0.25) is 9.59 Å². The molecule has 0 aliphatic carbocycles. The van der Waals surface area contributed by atoms with Gasteiger partial charge < -0.3 is 19.6 Å². The van der Waals surface area contributed by atoms with E-state index in [1.807, 2.05) is 37.3 Å². The third kappa shape index (κ3) is 5.45. The van der Waals surface area contributed by atoms with E-state index in [4.69, 9.17) is 4.74 Å². The molecule has 7 nitrogen and oxygen atoms in total. The molecule has 1 aromatic carbocycles. The van der Waals surface area contributed by atoms with Crippen LogP contribution in [0.3, 0.4) is 0 Å². The van der Waals surface area contributed by atoms with Crippen LogP contribution < -0.4 is 4.74 Å². The van der Waals surface area contributed by atoms with Crippen LogP contribution in [0.25, 0.3) is 0 Å². The third-order valence-electron chi connectivity index (χ3n) is 5.64. The lowest BCUT2D eigenvalue weighted by molar-refractivity contribution is -0.129. The van der Waals surface area contributed by atoms with E-state index < -0.39 is 0 Å². The largest absolute Gasteiger partial charge is 0.472 e. The van der Waals surface area contributed by atoms with Gasteiger partial charge in [0.1, 0.15) is 11.7 Å². The molecule has 2 aromatic rings. The average molecular weight is 436 g/mol. The monoisotopic (exact) mass is 435 g/mol. The van der Waals surface area contributed by atoms with Gasteiger partial charge in [-0.15, -0.1) is 0 Å². The number of amides is 2. The van der Waals surface area contributed by atoms with E-state index in [-0.39, 0.29) is 42.4 Å². The van der Waals surface area contributed by atoms with Crippen molar-refractivity contribution in [3.8, 4) is 17.7 Å². The Kier molecular flexibility index (Phi) is 7.49. The fourth-order valence-corrected chi connectivity index (χ4v) is 3.45. The van der Waals surface area contributed by atoms with Crippen molar-refractivity contribution in [1.29, 1.82) is 0 Å². The summed E-state index contributed by atoms with van der Waals surface area (Å²) in [5, 5.41) is 9.73. The number of carbonyl (C=O) groups excluding carboxylic acids is 2. The Labute approximate surface area is 189 Å². The van der Waals surface area contributed by atoms with Gasteiger partial charge >= 0.3 is 0 Å². The first-order valence-electron chi connectivity index (χ1n) is 10.7. The van der Waals surface area contributed by atoms with Gasteiger partial charge in [0.15, 0.2) is 0 Å². The van der Waals surface area contributed by atoms with E-state index in [1.54, 1.807) is 36.0 Å². The molecule has 7 heteroatoms. The topological polar surface area (TPSA) is 83.0 Å². The molecule has 168 valence electrons. The molecular formula is C25H29N3O4. The van der Waals surface area contributed by atoms with Crippen LogP contribution >= 0.6 is 0 Å². The lowest BCUT2D eigenvalue weighted by atomic mass is 10.00. The van der Waals surface area contributed by atoms with E-state index in [0.29, 0.717) is 24.2 Å².